The van der Waals surface area contributed by atoms with Crippen molar-refractivity contribution in [1.82, 2.24) is 4.57 Å². The zero-order chi connectivity index (χ0) is 36.6. The average molecular weight is 707 g/mol. The Labute approximate surface area is 320 Å². The van der Waals surface area contributed by atoms with Gasteiger partial charge in [-0.3, -0.25) is 0 Å². The molecule has 0 fully saturated rings. The SMILES string of the molecule is Cc1ccc(N(c2ccc(C)cc2)c2ccc3c(c2)Oc2cc(-c4ccccc4)cc4c2B3c2cc3c5ccccc5n(-c5ccccc5)c3cc2O4)cc1. The summed E-state index contributed by atoms with van der Waals surface area (Å²) in [7, 11) is 0. The van der Waals surface area contributed by atoms with Crippen LogP contribution in [-0.2, 0) is 0 Å². The summed E-state index contributed by atoms with van der Waals surface area (Å²) in [5, 5.41) is 2.41. The molecule has 0 spiro atoms. The van der Waals surface area contributed by atoms with Gasteiger partial charge in [-0.1, -0.05) is 114 Å². The van der Waals surface area contributed by atoms with E-state index in [1.807, 2.05) is 6.07 Å². The maximum absolute atomic E-state index is 7.01. The Morgan fingerprint density at radius 1 is 0.436 bits per heavy atom. The van der Waals surface area contributed by atoms with E-state index in [1.165, 1.54) is 27.4 Å². The quantitative estimate of drug-likeness (QED) is 0.167. The van der Waals surface area contributed by atoms with Gasteiger partial charge in [-0.15, -0.1) is 0 Å². The fraction of sp³-hybridized carbons (Fsp3) is 0.0400. The van der Waals surface area contributed by atoms with Crippen LogP contribution in [-0.4, -0.2) is 11.3 Å². The van der Waals surface area contributed by atoms with Gasteiger partial charge in [0, 0.05) is 51.1 Å². The second-order valence-electron chi connectivity index (χ2n) is 14.7. The van der Waals surface area contributed by atoms with E-state index in [4.69, 9.17) is 9.47 Å². The van der Waals surface area contributed by atoms with Gasteiger partial charge in [-0.25, -0.2) is 0 Å². The van der Waals surface area contributed by atoms with E-state index < -0.39 is 0 Å². The molecule has 1 aromatic heterocycles. The van der Waals surface area contributed by atoms with Crippen molar-refractivity contribution in [1.29, 1.82) is 0 Å². The molecular weight excluding hydrogens is 671 g/mol. The number of ether oxygens (including phenoxy) is 2. The van der Waals surface area contributed by atoms with E-state index in [-0.39, 0.29) is 6.71 Å². The van der Waals surface area contributed by atoms with Crippen molar-refractivity contribution >= 4 is 62.0 Å². The van der Waals surface area contributed by atoms with Crippen molar-refractivity contribution in [3.05, 3.63) is 187 Å². The van der Waals surface area contributed by atoms with E-state index in [1.54, 1.807) is 0 Å². The van der Waals surface area contributed by atoms with Gasteiger partial charge in [-0.05, 0) is 96.6 Å². The average Bonchev–Trinajstić information content (AvgIpc) is 3.55. The number of rotatable bonds is 5. The molecule has 0 amide bonds. The molecule has 260 valence electrons. The molecule has 11 rings (SSSR count). The third kappa shape index (κ3) is 5.08. The molecule has 0 aliphatic carbocycles. The lowest BCUT2D eigenvalue weighted by Gasteiger charge is -2.34. The zero-order valence-corrected chi connectivity index (χ0v) is 30.5. The number of benzene rings is 8. The Kier molecular flexibility index (Phi) is 7.05. The van der Waals surface area contributed by atoms with Crippen LogP contribution in [0.15, 0.2) is 176 Å². The monoisotopic (exact) mass is 706 g/mol. The van der Waals surface area contributed by atoms with Crippen LogP contribution < -0.4 is 30.8 Å². The van der Waals surface area contributed by atoms with Gasteiger partial charge >= 0.3 is 0 Å². The molecule has 3 heterocycles. The highest BCUT2D eigenvalue weighted by molar-refractivity contribution is 6.98. The third-order valence-electron chi connectivity index (χ3n) is 11.2. The maximum Gasteiger partial charge on any atom is 0.260 e. The molecule has 0 radical (unpaired) electrons. The predicted molar refractivity (Wildman–Crippen MR) is 228 cm³/mol. The number of fused-ring (bicyclic) bond motifs is 7. The van der Waals surface area contributed by atoms with Crippen LogP contribution in [0.1, 0.15) is 11.1 Å². The number of aromatic nitrogens is 1. The van der Waals surface area contributed by atoms with Crippen molar-refractivity contribution in [2.24, 2.45) is 0 Å². The minimum Gasteiger partial charge on any atom is -0.458 e. The van der Waals surface area contributed by atoms with Gasteiger partial charge in [0.1, 0.15) is 23.0 Å². The van der Waals surface area contributed by atoms with Crippen LogP contribution in [0.5, 0.6) is 23.0 Å². The molecule has 0 unspecified atom stereocenters. The highest BCUT2D eigenvalue weighted by atomic mass is 16.5. The first-order valence-corrected chi connectivity index (χ1v) is 18.9. The van der Waals surface area contributed by atoms with Gasteiger partial charge in [-0.2, -0.15) is 0 Å². The van der Waals surface area contributed by atoms with Crippen molar-refractivity contribution in [2.45, 2.75) is 13.8 Å². The lowest BCUT2D eigenvalue weighted by Crippen LogP contribution is -2.57. The number of anilines is 3. The summed E-state index contributed by atoms with van der Waals surface area (Å²) < 4.78 is 16.4. The van der Waals surface area contributed by atoms with Crippen LogP contribution >= 0.6 is 0 Å². The minimum absolute atomic E-state index is 0.0909. The van der Waals surface area contributed by atoms with Crippen LogP contribution in [0.3, 0.4) is 0 Å². The van der Waals surface area contributed by atoms with Crippen LogP contribution in [0, 0.1) is 13.8 Å². The summed E-state index contributed by atoms with van der Waals surface area (Å²) in [6, 6.07) is 62.9. The van der Waals surface area contributed by atoms with E-state index in [9.17, 15) is 0 Å². The number of hydrogen-bond donors (Lipinski definition) is 0. The Morgan fingerprint density at radius 2 is 1.02 bits per heavy atom. The Morgan fingerprint density at radius 3 is 1.69 bits per heavy atom. The Balaban J connectivity index is 1.14. The van der Waals surface area contributed by atoms with Gasteiger partial charge < -0.3 is 18.9 Å². The zero-order valence-electron chi connectivity index (χ0n) is 30.5. The summed E-state index contributed by atoms with van der Waals surface area (Å²) in [6.07, 6.45) is 0. The lowest BCUT2D eigenvalue weighted by molar-refractivity contribution is 0.465. The molecule has 0 atom stereocenters. The minimum atomic E-state index is -0.0909. The molecule has 9 aromatic rings. The first-order valence-electron chi connectivity index (χ1n) is 18.9. The smallest absolute Gasteiger partial charge is 0.260 e. The molecule has 8 aromatic carbocycles. The second kappa shape index (κ2) is 12.3. The van der Waals surface area contributed by atoms with Crippen LogP contribution in [0.4, 0.5) is 17.1 Å². The molecular formula is C50H35BN2O2. The lowest BCUT2D eigenvalue weighted by atomic mass is 9.34. The molecule has 55 heavy (non-hydrogen) atoms. The van der Waals surface area contributed by atoms with E-state index in [0.29, 0.717) is 0 Å². The fourth-order valence-corrected chi connectivity index (χ4v) is 8.57. The van der Waals surface area contributed by atoms with Crippen molar-refractivity contribution in [3.63, 3.8) is 0 Å². The predicted octanol–water partition coefficient (Wildman–Crippen LogP) is 11.3. The third-order valence-corrected chi connectivity index (χ3v) is 11.2. The molecule has 0 saturated carbocycles. The summed E-state index contributed by atoms with van der Waals surface area (Å²) in [5.41, 5.74) is 14.5. The van der Waals surface area contributed by atoms with Gasteiger partial charge in [0.2, 0.25) is 0 Å². The topological polar surface area (TPSA) is 26.6 Å². The number of hydrogen-bond acceptors (Lipinski definition) is 3. The number of para-hydroxylation sites is 2. The molecule has 2 aliphatic rings. The Bertz CT molecular complexity index is 2890. The van der Waals surface area contributed by atoms with Gasteiger partial charge in [0.15, 0.2) is 0 Å². The molecule has 5 heteroatoms. The van der Waals surface area contributed by atoms with Crippen LogP contribution in [0.2, 0.25) is 0 Å². The first-order chi connectivity index (χ1) is 27.1. The number of nitrogens with zero attached hydrogens (tertiary/aromatic N) is 2. The largest absolute Gasteiger partial charge is 0.458 e. The van der Waals surface area contributed by atoms with Crippen LogP contribution in [0.25, 0.3) is 38.6 Å². The fourth-order valence-electron chi connectivity index (χ4n) is 8.57. The van der Waals surface area contributed by atoms with Crippen molar-refractivity contribution < 1.29 is 9.47 Å². The van der Waals surface area contributed by atoms with Gasteiger partial charge in [0.05, 0.1) is 11.0 Å². The number of aryl methyl sites for hydroxylation is 2. The summed E-state index contributed by atoms with van der Waals surface area (Å²) >= 11 is 0. The van der Waals surface area contributed by atoms with Crippen molar-refractivity contribution in [3.8, 4) is 39.8 Å². The molecule has 4 nitrogen and oxygen atoms in total. The maximum atomic E-state index is 7.01. The highest BCUT2D eigenvalue weighted by Gasteiger charge is 2.41. The summed E-state index contributed by atoms with van der Waals surface area (Å²) in [4.78, 5) is 2.31. The normalized spacial score (nSPS) is 12.4. The molecule has 2 aliphatic heterocycles. The second-order valence-corrected chi connectivity index (χ2v) is 14.7. The summed E-state index contributed by atoms with van der Waals surface area (Å²) in [5.74, 6) is 3.35. The van der Waals surface area contributed by atoms with E-state index >= 15 is 0 Å². The molecule has 0 bridgehead atoms. The Hall–Kier alpha value is -6.98. The molecule has 0 saturated heterocycles. The van der Waals surface area contributed by atoms with Crippen molar-refractivity contribution in [2.75, 3.05) is 4.90 Å². The van der Waals surface area contributed by atoms with Gasteiger partial charge in [0.25, 0.3) is 6.71 Å². The highest BCUT2D eigenvalue weighted by Crippen LogP contribution is 2.43. The first kappa shape index (κ1) is 31.5. The van der Waals surface area contributed by atoms with E-state index in [0.717, 1.165) is 78.8 Å². The summed E-state index contributed by atoms with van der Waals surface area (Å²) in [6.45, 7) is 4.16. The molecule has 0 N–H and O–H groups in total. The van der Waals surface area contributed by atoms with E-state index in [2.05, 4.69) is 193 Å². The standard InChI is InChI=1S/C50H35BN2O2/c1-32-17-21-37(22-18-32)52(38-23-19-33(2)20-24-38)39-25-26-42-46(29-39)54-48-27-35(34-11-5-3-6-12-34)28-49-50(48)51(42)43-30-41-40-15-9-10-16-44(40)53(36-13-7-4-8-14-36)45(41)31-47(43)55-49/h3-31H,1-2H3.